The molecule has 4 unspecified atom stereocenters. The van der Waals surface area contributed by atoms with Gasteiger partial charge in [-0.15, -0.1) is 0 Å². The second-order valence-corrected chi connectivity index (χ2v) is 7.96. The predicted octanol–water partition coefficient (Wildman–Crippen LogP) is -3.70. The summed E-state index contributed by atoms with van der Waals surface area (Å²) >= 11 is 0. The molecule has 0 saturated carbocycles. The van der Waals surface area contributed by atoms with E-state index in [1.165, 1.54) is 12.5 Å². The Morgan fingerprint density at radius 3 is 2.06 bits per heavy atom. The Morgan fingerprint density at radius 1 is 0.917 bits per heavy atom. The molecule has 0 radical (unpaired) electrons. The van der Waals surface area contributed by atoms with Crippen molar-refractivity contribution in [2.24, 2.45) is 17.2 Å². The third-order valence-electron chi connectivity index (χ3n) is 4.94. The van der Waals surface area contributed by atoms with Crippen molar-refractivity contribution in [2.45, 2.75) is 62.7 Å². The smallest absolute Gasteiger partial charge is 0.326 e. The molecule has 0 aliphatic heterocycles. The monoisotopic (exact) mass is 512 g/mol. The number of carbonyl (C=O) groups excluding carboxylic acids is 4. The van der Waals surface area contributed by atoms with Gasteiger partial charge in [-0.2, -0.15) is 0 Å². The zero-order chi connectivity index (χ0) is 27.3. The largest absolute Gasteiger partial charge is 0.481 e. The lowest BCUT2D eigenvalue weighted by atomic mass is 10.1. The van der Waals surface area contributed by atoms with Gasteiger partial charge in [-0.1, -0.05) is 0 Å². The SMILES string of the molecule is NCCCCC(NC(=O)C(CC(N)=O)NC(=O)C(Cc1cnc[nH]1)NC(=O)C(N)CC(=O)O)C(=O)O. The number of amides is 4. The quantitative estimate of drug-likeness (QED) is 0.0915. The first-order valence-corrected chi connectivity index (χ1v) is 11.0. The summed E-state index contributed by atoms with van der Waals surface area (Å²) in [5.74, 6) is -6.46. The number of nitrogens with zero attached hydrogens (tertiary/aromatic N) is 1. The molecule has 4 amide bonds. The maximum atomic E-state index is 13.0. The number of carboxylic acid groups (broad SMARTS) is 2. The van der Waals surface area contributed by atoms with E-state index in [1.54, 1.807) is 0 Å². The Hall–Kier alpha value is -4.05. The number of carbonyl (C=O) groups is 6. The summed E-state index contributed by atoms with van der Waals surface area (Å²) in [5, 5.41) is 25.1. The second-order valence-electron chi connectivity index (χ2n) is 7.96. The lowest BCUT2D eigenvalue weighted by Gasteiger charge is -2.24. The summed E-state index contributed by atoms with van der Waals surface area (Å²) in [4.78, 5) is 78.5. The van der Waals surface area contributed by atoms with Gasteiger partial charge in [0.25, 0.3) is 0 Å². The average molecular weight is 513 g/mol. The van der Waals surface area contributed by atoms with Crippen LogP contribution in [0.15, 0.2) is 12.5 Å². The number of nitrogens with two attached hydrogens (primary N) is 3. The van der Waals surface area contributed by atoms with E-state index in [1.807, 2.05) is 0 Å². The highest BCUT2D eigenvalue weighted by Gasteiger charge is 2.31. The van der Waals surface area contributed by atoms with Crippen molar-refractivity contribution in [3.8, 4) is 0 Å². The number of aliphatic carboxylic acids is 2. The number of aromatic amines is 1. The molecular weight excluding hydrogens is 480 g/mol. The number of hydrogen-bond donors (Lipinski definition) is 9. The minimum absolute atomic E-state index is 0.0650. The highest BCUT2D eigenvalue weighted by atomic mass is 16.4. The molecule has 16 nitrogen and oxygen atoms in total. The molecule has 1 aromatic heterocycles. The fourth-order valence-electron chi connectivity index (χ4n) is 3.09. The van der Waals surface area contributed by atoms with E-state index < -0.39 is 72.6 Å². The molecule has 1 aromatic rings. The van der Waals surface area contributed by atoms with Crippen LogP contribution in [0.2, 0.25) is 0 Å². The number of unbranched alkanes of at least 4 members (excludes halogenated alkanes) is 1. The Labute approximate surface area is 205 Å². The van der Waals surface area contributed by atoms with Crippen molar-refractivity contribution >= 4 is 35.6 Å². The zero-order valence-corrected chi connectivity index (χ0v) is 19.4. The van der Waals surface area contributed by atoms with E-state index in [2.05, 4.69) is 25.9 Å². The van der Waals surface area contributed by atoms with Crippen molar-refractivity contribution in [2.75, 3.05) is 6.54 Å². The van der Waals surface area contributed by atoms with Crippen LogP contribution < -0.4 is 33.2 Å². The zero-order valence-electron chi connectivity index (χ0n) is 19.4. The first-order chi connectivity index (χ1) is 16.9. The summed E-state index contributed by atoms with van der Waals surface area (Å²) in [6.07, 6.45) is 2.19. The lowest BCUT2D eigenvalue weighted by molar-refractivity contribution is -0.142. The minimum Gasteiger partial charge on any atom is -0.481 e. The van der Waals surface area contributed by atoms with Gasteiger partial charge >= 0.3 is 11.9 Å². The highest BCUT2D eigenvalue weighted by Crippen LogP contribution is 2.05. The normalized spacial score (nSPS) is 14.1. The standard InChI is InChI=1S/C20H32N8O8/c21-4-2-1-3-12(20(35)36)26-19(34)14(7-15(23)29)28-18(33)13(5-10-8-24-9-25-10)27-17(32)11(22)6-16(30)31/h8-9,11-14H,1-7,21-22H2,(H2,23,29)(H,24,25)(H,26,34)(H,27,32)(H,28,33)(H,30,31)(H,35,36). The van der Waals surface area contributed by atoms with Crippen molar-refractivity contribution in [3.05, 3.63) is 18.2 Å². The van der Waals surface area contributed by atoms with Crippen LogP contribution in [-0.4, -0.2) is 86.5 Å². The van der Waals surface area contributed by atoms with E-state index >= 15 is 0 Å². The molecular formula is C20H32N8O8. The van der Waals surface area contributed by atoms with Crippen LogP contribution in [-0.2, 0) is 35.2 Å². The summed E-state index contributed by atoms with van der Waals surface area (Å²) < 4.78 is 0. The topological polar surface area (TPSA) is 286 Å². The minimum atomic E-state index is -1.56. The van der Waals surface area contributed by atoms with Gasteiger partial charge in [0.2, 0.25) is 23.6 Å². The summed E-state index contributed by atoms with van der Waals surface area (Å²) in [5.41, 5.74) is 16.6. The lowest BCUT2D eigenvalue weighted by Crippen LogP contribution is -2.58. The molecule has 1 rings (SSSR count). The average Bonchev–Trinajstić information content (AvgIpc) is 3.29. The number of hydrogen-bond acceptors (Lipinski definition) is 9. The Morgan fingerprint density at radius 2 is 1.53 bits per heavy atom. The fraction of sp³-hybridized carbons (Fsp3) is 0.550. The number of imidazole rings is 1. The molecule has 12 N–H and O–H groups in total. The third-order valence-corrected chi connectivity index (χ3v) is 4.94. The molecule has 0 aliphatic rings. The number of aromatic nitrogens is 2. The van der Waals surface area contributed by atoms with Gasteiger partial charge in [0.1, 0.15) is 18.1 Å². The van der Waals surface area contributed by atoms with E-state index in [4.69, 9.17) is 22.3 Å². The van der Waals surface area contributed by atoms with Crippen LogP contribution in [0.1, 0.15) is 37.8 Å². The van der Waals surface area contributed by atoms with Gasteiger partial charge in [0.15, 0.2) is 0 Å². The van der Waals surface area contributed by atoms with Crippen LogP contribution in [0.5, 0.6) is 0 Å². The van der Waals surface area contributed by atoms with Crippen molar-refractivity contribution in [1.82, 2.24) is 25.9 Å². The van der Waals surface area contributed by atoms with Crippen molar-refractivity contribution < 1.29 is 39.0 Å². The summed E-state index contributed by atoms with van der Waals surface area (Å²) in [7, 11) is 0. The fourth-order valence-corrected chi connectivity index (χ4v) is 3.09. The molecule has 4 atom stereocenters. The van der Waals surface area contributed by atoms with Crippen LogP contribution >= 0.6 is 0 Å². The summed E-state index contributed by atoms with van der Waals surface area (Å²) in [6, 6.07) is -5.68. The van der Waals surface area contributed by atoms with Gasteiger partial charge in [-0.05, 0) is 25.8 Å². The van der Waals surface area contributed by atoms with Gasteiger partial charge in [-0.3, -0.25) is 24.0 Å². The van der Waals surface area contributed by atoms with E-state index in [-0.39, 0.29) is 12.8 Å². The van der Waals surface area contributed by atoms with E-state index in [0.29, 0.717) is 25.1 Å². The number of primary amides is 1. The highest BCUT2D eigenvalue weighted by molar-refractivity contribution is 5.96. The number of carboxylic acids is 2. The number of nitrogens with one attached hydrogen (secondary N) is 4. The molecule has 0 saturated heterocycles. The molecule has 1 heterocycles. The predicted molar refractivity (Wildman–Crippen MR) is 123 cm³/mol. The third kappa shape index (κ3) is 10.9. The van der Waals surface area contributed by atoms with Crippen LogP contribution in [0.3, 0.4) is 0 Å². The number of rotatable bonds is 17. The van der Waals surface area contributed by atoms with Gasteiger partial charge in [-0.25, -0.2) is 9.78 Å². The maximum Gasteiger partial charge on any atom is 0.326 e. The summed E-state index contributed by atoms with van der Waals surface area (Å²) in [6.45, 7) is 0.334. The molecule has 0 fully saturated rings. The molecule has 0 aliphatic carbocycles. The molecule has 0 bridgehead atoms. The second kappa shape index (κ2) is 15.0. The van der Waals surface area contributed by atoms with Crippen molar-refractivity contribution in [3.63, 3.8) is 0 Å². The van der Waals surface area contributed by atoms with Gasteiger partial charge in [0, 0.05) is 18.3 Å². The van der Waals surface area contributed by atoms with Crippen molar-refractivity contribution in [1.29, 1.82) is 0 Å². The van der Waals surface area contributed by atoms with Crippen LogP contribution in [0.25, 0.3) is 0 Å². The van der Waals surface area contributed by atoms with Crippen LogP contribution in [0.4, 0.5) is 0 Å². The maximum absolute atomic E-state index is 13.0. The number of H-pyrrole nitrogens is 1. The van der Waals surface area contributed by atoms with E-state index in [0.717, 1.165) is 0 Å². The molecule has 200 valence electrons. The molecule has 0 spiro atoms. The van der Waals surface area contributed by atoms with Crippen LogP contribution in [0, 0.1) is 0 Å². The van der Waals surface area contributed by atoms with E-state index in [9.17, 15) is 33.9 Å². The Bertz CT molecular complexity index is 923. The Kier molecular flexibility index (Phi) is 12.5. The Balaban J connectivity index is 3.03. The van der Waals surface area contributed by atoms with Gasteiger partial charge in [0.05, 0.1) is 25.2 Å². The van der Waals surface area contributed by atoms with Gasteiger partial charge < -0.3 is 48.3 Å². The first kappa shape index (κ1) is 30.0. The molecule has 0 aromatic carbocycles. The molecule has 16 heteroatoms. The molecule has 36 heavy (non-hydrogen) atoms. The first-order valence-electron chi connectivity index (χ1n) is 11.0.